The molecule has 1 atom stereocenters. The molecule has 16 heavy (non-hydrogen) atoms. The molecule has 0 aliphatic heterocycles. The molecule has 0 aromatic heterocycles. The van der Waals surface area contributed by atoms with E-state index in [-0.39, 0.29) is 11.9 Å². The van der Waals surface area contributed by atoms with Gasteiger partial charge in [0.15, 0.2) is 0 Å². The van der Waals surface area contributed by atoms with Crippen molar-refractivity contribution >= 4 is 15.9 Å². The van der Waals surface area contributed by atoms with E-state index in [9.17, 15) is 4.39 Å². The van der Waals surface area contributed by atoms with Gasteiger partial charge in [0.1, 0.15) is 5.82 Å². The van der Waals surface area contributed by atoms with Gasteiger partial charge in [-0.05, 0) is 37.5 Å². The van der Waals surface area contributed by atoms with Crippen LogP contribution >= 0.6 is 15.9 Å². The molecule has 0 saturated heterocycles. The van der Waals surface area contributed by atoms with Crippen molar-refractivity contribution in [3.63, 3.8) is 0 Å². The fourth-order valence-corrected chi connectivity index (χ4v) is 1.96. The third-order valence-electron chi connectivity index (χ3n) is 2.33. The molecule has 1 aromatic rings. The number of rotatable bonds is 6. The lowest BCUT2D eigenvalue weighted by molar-refractivity contribution is 0.140. The quantitative estimate of drug-likeness (QED) is 0.818. The Bertz CT molecular complexity index is 333. The molecule has 4 heteroatoms. The van der Waals surface area contributed by atoms with Gasteiger partial charge in [-0.1, -0.05) is 22.0 Å². The highest BCUT2D eigenvalue weighted by Gasteiger charge is 2.07. The van der Waals surface area contributed by atoms with Crippen LogP contribution in [0.1, 0.15) is 18.9 Å². The maximum absolute atomic E-state index is 12.9. The van der Waals surface area contributed by atoms with Crippen LogP contribution in [-0.2, 0) is 11.2 Å². The van der Waals surface area contributed by atoms with Crippen LogP contribution in [0.4, 0.5) is 4.39 Å². The SMILES string of the molecule is CCOCCC(N)Cc1ccc(F)cc1Br. The van der Waals surface area contributed by atoms with E-state index in [0.717, 1.165) is 22.9 Å². The van der Waals surface area contributed by atoms with Gasteiger partial charge in [-0.25, -0.2) is 4.39 Å². The Labute approximate surface area is 104 Å². The molecular formula is C12H17BrFNO. The third kappa shape index (κ3) is 4.60. The summed E-state index contributed by atoms with van der Waals surface area (Å²) in [6, 6.07) is 4.73. The van der Waals surface area contributed by atoms with Crippen LogP contribution in [0, 0.1) is 5.82 Å². The predicted octanol–water partition coefficient (Wildman–Crippen LogP) is 2.88. The van der Waals surface area contributed by atoms with Gasteiger partial charge < -0.3 is 10.5 Å². The molecule has 1 unspecified atom stereocenters. The van der Waals surface area contributed by atoms with Crippen LogP contribution < -0.4 is 5.73 Å². The minimum absolute atomic E-state index is 0.0494. The summed E-state index contributed by atoms with van der Waals surface area (Å²) in [6.45, 7) is 3.35. The van der Waals surface area contributed by atoms with Gasteiger partial charge in [0.2, 0.25) is 0 Å². The molecule has 0 radical (unpaired) electrons. The first-order valence-corrected chi connectivity index (χ1v) is 6.20. The van der Waals surface area contributed by atoms with Gasteiger partial charge >= 0.3 is 0 Å². The number of hydrogen-bond donors (Lipinski definition) is 1. The lowest BCUT2D eigenvalue weighted by atomic mass is 10.0. The monoisotopic (exact) mass is 289 g/mol. The molecule has 1 aromatic carbocycles. The average Bonchev–Trinajstić information content (AvgIpc) is 2.23. The van der Waals surface area contributed by atoms with Crippen LogP contribution in [0.25, 0.3) is 0 Å². The summed E-state index contributed by atoms with van der Waals surface area (Å²) < 4.78 is 18.9. The van der Waals surface area contributed by atoms with Crippen LogP contribution in [0.2, 0.25) is 0 Å². The van der Waals surface area contributed by atoms with Crippen LogP contribution in [-0.4, -0.2) is 19.3 Å². The highest BCUT2D eigenvalue weighted by Crippen LogP contribution is 2.19. The van der Waals surface area contributed by atoms with Crippen molar-refractivity contribution in [3.8, 4) is 0 Å². The number of benzene rings is 1. The van der Waals surface area contributed by atoms with Gasteiger partial charge in [0, 0.05) is 23.7 Å². The fourth-order valence-electron chi connectivity index (χ4n) is 1.45. The average molecular weight is 290 g/mol. The van der Waals surface area contributed by atoms with Crippen molar-refractivity contribution in [2.45, 2.75) is 25.8 Å². The zero-order chi connectivity index (χ0) is 12.0. The molecule has 0 aliphatic rings. The van der Waals surface area contributed by atoms with Crippen molar-refractivity contribution in [2.75, 3.05) is 13.2 Å². The van der Waals surface area contributed by atoms with Gasteiger partial charge in [0.05, 0.1) is 0 Å². The van der Waals surface area contributed by atoms with E-state index in [2.05, 4.69) is 15.9 Å². The normalized spacial score (nSPS) is 12.8. The van der Waals surface area contributed by atoms with Crippen molar-refractivity contribution in [3.05, 3.63) is 34.1 Å². The summed E-state index contributed by atoms with van der Waals surface area (Å²) in [5, 5.41) is 0. The summed E-state index contributed by atoms with van der Waals surface area (Å²) in [4.78, 5) is 0. The van der Waals surface area contributed by atoms with Gasteiger partial charge in [-0.2, -0.15) is 0 Å². The zero-order valence-corrected chi connectivity index (χ0v) is 11.0. The first-order valence-electron chi connectivity index (χ1n) is 5.40. The van der Waals surface area contributed by atoms with Crippen molar-refractivity contribution in [1.82, 2.24) is 0 Å². The van der Waals surface area contributed by atoms with Gasteiger partial charge in [-0.15, -0.1) is 0 Å². The maximum atomic E-state index is 12.9. The first-order chi connectivity index (χ1) is 7.63. The standard InChI is InChI=1S/C12H17BrFNO/c1-2-16-6-5-11(15)7-9-3-4-10(14)8-12(9)13/h3-4,8,11H,2,5-7,15H2,1H3. The smallest absolute Gasteiger partial charge is 0.124 e. The summed E-state index contributed by atoms with van der Waals surface area (Å²) in [5.41, 5.74) is 6.99. The van der Waals surface area contributed by atoms with E-state index < -0.39 is 0 Å². The van der Waals surface area contributed by atoms with Crippen LogP contribution in [0.15, 0.2) is 22.7 Å². The molecule has 0 aliphatic carbocycles. The number of hydrogen-bond acceptors (Lipinski definition) is 2. The zero-order valence-electron chi connectivity index (χ0n) is 9.38. The van der Waals surface area contributed by atoms with E-state index in [0.29, 0.717) is 13.2 Å². The Morgan fingerprint density at radius 3 is 2.88 bits per heavy atom. The lowest BCUT2D eigenvalue weighted by Crippen LogP contribution is -2.24. The molecule has 0 saturated carbocycles. The minimum atomic E-state index is -0.237. The fraction of sp³-hybridized carbons (Fsp3) is 0.500. The summed E-state index contributed by atoms with van der Waals surface area (Å²) >= 11 is 3.33. The Hall–Kier alpha value is -0.450. The molecule has 1 rings (SSSR count). The van der Waals surface area contributed by atoms with E-state index in [1.807, 2.05) is 6.92 Å². The minimum Gasteiger partial charge on any atom is -0.382 e. The van der Waals surface area contributed by atoms with Gasteiger partial charge in [-0.3, -0.25) is 0 Å². The Morgan fingerprint density at radius 1 is 1.50 bits per heavy atom. The second-order valence-electron chi connectivity index (χ2n) is 3.69. The van der Waals surface area contributed by atoms with Crippen molar-refractivity contribution in [1.29, 1.82) is 0 Å². The van der Waals surface area contributed by atoms with Crippen molar-refractivity contribution < 1.29 is 9.13 Å². The van der Waals surface area contributed by atoms with E-state index >= 15 is 0 Å². The highest BCUT2D eigenvalue weighted by atomic mass is 79.9. The summed E-state index contributed by atoms with van der Waals surface area (Å²) in [6.07, 6.45) is 1.55. The molecule has 90 valence electrons. The molecule has 2 nitrogen and oxygen atoms in total. The maximum Gasteiger partial charge on any atom is 0.124 e. The molecule has 2 N–H and O–H groups in total. The second-order valence-corrected chi connectivity index (χ2v) is 4.54. The van der Waals surface area contributed by atoms with Crippen molar-refractivity contribution in [2.24, 2.45) is 5.73 Å². The topological polar surface area (TPSA) is 35.2 Å². The first kappa shape index (κ1) is 13.6. The van der Waals surface area contributed by atoms with E-state index in [1.54, 1.807) is 6.07 Å². The molecule has 0 spiro atoms. The van der Waals surface area contributed by atoms with Gasteiger partial charge in [0.25, 0.3) is 0 Å². The molecule has 0 amide bonds. The predicted molar refractivity (Wildman–Crippen MR) is 66.9 cm³/mol. The van der Waals surface area contributed by atoms with Crippen LogP contribution in [0.3, 0.4) is 0 Å². The second kappa shape index (κ2) is 6.99. The van der Waals surface area contributed by atoms with E-state index in [4.69, 9.17) is 10.5 Å². The largest absolute Gasteiger partial charge is 0.382 e. The number of ether oxygens (including phenoxy) is 1. The molecule has 0 bridgehead atoms. The number of nitrogens with two attached hydrogens (primary N) is 1. The highest BCUT2D eigenvalue weighted by molar-refractivity contribution is 9.10. The molecular weight excluding hydrogens is 273 g/mol. The molecule has 0 fully saturated rings. The summed E-state index contributed by atoms with van der Waals surface area (Å²) in [5.74, 6) is -0.237. The van der Waals surface area contributed by atoms with Crippen LogP contribution in [0.5, 0.6) is 0 Å². The lowest BCUT2D eigenvalue weighted by Gasteiger charge is -2.12. The number of halogens is 2. The molecule has 0 heterocycles. The Morgan fingerprint density at radius 2 is 2.25 bits per heavy atom. The Balaban J connectivity index is 2.46. The third-order valence-corrected chi connectivity index (χ3v) is 3.07. The summed E-state index contributed by atoms with van der Waals surface area (Å²) in [7, 11) is 0. The Kier molecular flexibility index (Phi) is 5.95. The van der Waals surface area contributed by atoms with E-state index in [1.165, 1.54) is 12.1 Å².